The van der Waals surface area contributed by atoms with Gasteiger partial charge in [0.25, 0.3) is 0 Å². The Morgan fingerprint density at radius 1 is 1.50 bits per heavy atom. The molecule has 1 atom stereocenters. The molecule has 2 N–H and O–H groups in total. The third-order valence-corrected chi connectivity index (χ3v) is 3.46. The smallest absolute Gasteiger partial charge is 0.147 e. The molecule has 1 heterocycles. The molecule has 0 amide bonds. The van der Waals surface area contributed by atoms with Gasteiger partial charge in [0.15, 0.2) is 0 Å². The summed E-state index contributed by atoms with van der Waals surface area (Å²) >= 11 is 0. The Labute approximate surface area is 96.8 Å². The highest BCUT2D eigenvalue weighted by molar-refractivity contribution is 7.90. The fraction of sp³-hybridized carbons (Fsp3) is 0.545. The van der Waals surface area contributed by atoms with Crippen molar-refractivity contribution in [3.8, 4) is 0 Å². The van der Waals surface area contributed by atoms with Gasteiger partial charge in [0.05, 0.1) is 5.69 Å². The lowest BCUT2D eigenvalue weighted by molar-refractivity contribution is 0.583. The highest BCUT2D eigenvalue weighted by atomic mass is 32.2. The van der Waals surface area contributed by atoms with Crippen molar-refractivity contribution in [1.82, 2.24) is 4.98 Å². The maximum Gasteiger partial charge on any atom is 0.147 e. The number of sulfone groups is 1. The number of aryl methyl sites for hydroxylation is 1. The van der Waals surface area contributed by atoms with Crippen molar-refractivity contribution in [3.05, 3.63) is 29.6 Å². The molecular formula is C11H18N2O2S. The fourth-order valence-electron chi connectivity index (χ4n) is 1.59. The number of aromatic nitrogens is 1. The normalized spacial score (nSPS) is 13.7. The maximum atomic E-state index is 11.0. The molecule has 1 aromatic heterocycles. The van der Waals surface area contributed by atoms with Gasteiger partial charge in [-0.05, 0) is 31.4 Å². The summed E-state index contributed by atoms with van der Waals surface area (Å²) in [4.78, 5) is 4.22. The minimum atomic E-state index is -2.89. The third-order valence-electron chi connectivity index (χ3n) is 2.43. The zero-order valence-electron chi connectivity index (χ0n) is 9.68. The van der Waals surface area contributed by atoms with Gasteiger partial charge in [-0.15, -0.1) is 0 Å². The molecule has 0 aliphatic rings. The topological polar surface area (TPSA) is 73.0 Å². The lowest BCUT2D eigenvalue weighted by Gasteiger charge is -2.12. The van der Waals surface area contributed by atoms with Crippen LogP contribution in [0.4, 0.5) is 0 Å². The van der Waals surface area contributed by atoms with Crippen molar-refractivity contribution < 1.29 is 8.42 Å². The molecule has 0 saturated heterocycles. The van der Waals surface area contributed by atoms with E-state index in [1.807, 2.05) is 19.1 Å². The summed E-state index contributed by atoms with van der Waals surface area (Å²) in [5.41, 5.74) is 7.88. The van der Waals surface area contributed by atoms with Crippen LogP contribution in [0.25, 0.3) is 0 Å². The SMILES string of the molecule is Cc1cccnc1C(N)CCCS(C)(=O)=O. The van der Waals surface area contributed by atoms with E-state index in [1.54, 1.807) is 6.20 Å². The lowest BCUT2D eigenvalue weighted by Crippen LogP contribution is -2.15. The van der Waals surface area contributed by atoms with E-state index in [-0.39, 0.29) is 11.8 Å². The van der Waals surface area contributed by atoms with Crippen LogP contribution in [0.2, 0.25) is 0 Å². The van der Waals surface area contributed by atoms with Crippen molar-refractivity contribution in [1.29, 1.82) is 0 Å². The first-order chi connectivity index (χ1) is 7.40. The number of hydrogen-bond acceptors (Lipinski definition) is 4. The predicted molar refractivity (Wildman–Crippen MR) is 64.8 cm³/mol. The van der Waals surface area contributed by atoms with Gasteiger partial charge in [0.2, 0.25) is 0 Å². The highest BCUT2D eigenvalue weighted by Crippen LogP contribution is 2.16. The van der Waals surface area contributed by atoms with Crippen LogP contribution in [-0.4, -0.2) is 25.4 Å². The van der Waals surface area contributed by atoms with Crippen molar-refractivity contribution in [2.24, 2.45) is 5.73 Å². The summed E-state index contributed by atoms with van der Waals surface area (Å²) in [7, 11) is -2.89. The summed E-state index contributed by atoms with van der Waals surface area (Å²) in [5, 5.41) is 0. The first-order valence-corrected chi connectivity index (χ1v) is 7.31. The Morgan fingerprint density at radius 3 is 2.75 bits per heavy atom. The number of rotatable bonds is 5. The van der Waals surface area contributed by atoms with E-state index in [9.17, 15) is 8.42 Å². The van der Waals surface area contributed by atoms with Crippen LogP contribution >= 0.6 is 0 Å². The molecule has 0 saturated carbocycles. The van der Waals surface area contributed by atoms with Crippen LogP contribution in [-0.2, 0) is 9.84 Å². The third kappa shape index (κ3) is 4.28. The number of hydrogen-bond donors (Lipinski definition) is 1. The predicted octanol–water partition coefficient (Wildman–Crippen LogP) is 1.21. The molecule has 0 spiro atoms. The minimum Gasteiger partial charge on any atom is -0.323 e. The van der Waals surface area contributed by atoms with E-state index in [1.165, 1.54) is 6.26 Å². The van der Waals surface area contributed by atoms with Crippen LogP contribution in [0.5, 0.6) is 0 Å². The molecule has 0 radical (unpaired) electrons. The Bertz CT molecular complexity index is 443. The second-order valence-corrected chi connectivity index (χ2v) is 6.34. The van der Waals surface area contributed by atoms with Crippen LogP contribution in [0.1, 0.15) is 30.1 Å². The Hall–Kier alpha value is -0.940. The summed E-state index contributed by atoms with van der Waals surface area (Å²) in [6.07, 6.45) is 4.17. The average molecular weight is 242 g/mol. The average Bonchev–Trinajstić information content (AvgIpc) is 2.16. The van der Waals surface area contributed by atoms with Gasteiger partial charge in [-0.3, -0.25) is 4.98 Å². The van der Waals surface area contributed by atoms with Gasteiger partial charge < -0.3 is 5.73 Å². The van der Waals surface area contributed by atoms with Gasteiger partial charge >= 0.3 is 0 Å². The fourth-order valence-corrected chi connectivity index (χ4v) is 2.28. The molecule has 1 unspecified atom stereocenters. The minimum absolute atomic E-state index is 0.178. The molecule has 4 nitrogen and oxygen atoms in total. The second-order valence-electron chi connectivity index (χ2n) is 4.08. The van der Waals surface area contributed by atoms with E-state index in [0.717, 1.165) is 11.3 Å². The first-order valence-electron chi connectivity index (χ1n) is 5.25. The zero-order chi connectivity index (χ0) is 12.2. The molecule has 1 aromatic rings. The maximum absolute atomic E-state index is 11.0. The van der Waals surface area contributed by atoms with Crippen LogP contribution in [0.15, 0.2) is 18.3 Å². The summed E-state index contributed by atoms with van der Waals surface area (Å²) in [5.74, 6) is 0.187. The summed E-state index contributed by atoms with van der Waals surface area (Å²) in [6.45, 7) is 1.96. The monoisotopic (exact) mass is 242 g/mol. The molecule has 16 heavy (non-hydrogen) atoms. The Kier molecular flexibility index (Phi) is 4.44. The molecule has 1 rings (SSSR count). The molecular weight excluding hydrogens is 224 g/mol. The van der Waals surface area contributed by atoms with Crippen LogP contribution in [0, 0.1) is 6.92 Å². The molecule has 0 aliphatic carbocycles. The standard InChI is InChI=1S/C11H18N2O2S/c1-9-5-3-7-13-11(9)10(12)6-4-8-16(2,14)15/h3,5,7,10H,4,6,8,12H2,1-2H3. The largest absolute Gasteiger partial charge is 0.323 e. The van der Waals surface area contributed by atoms with E-state index >= 15 is 0 Å². The van der Waals surface area contributed by atoms with Gasteiger partial charge in [0.1, 0.15) is 9.84 Å². The van der Waals surface area contributed by atoms with Crippen molar-refractivity contribution in [3.63, 3.8) is 0 Å². The first kappa shape index (κ1) is 13.1. The molecule has 0 fully saturated rings. The molecule has 5 heteroatoms. The van der Waals surface area contributed by atoms with Crippen LogP contribution < -0.4 is 5.73 Å². The summed E-state index contributed by atoms with van der Waals surface area (Å²) < 4.78 is 21.9. The van der Waals surface area contributed by atoms with Crippen LogP contribution in [0.3, 0.4) is 0 Å². The molecule has 0 bridgehead atoms. The lowest BCUT2D eigenvalue weighted by atomic mass is 10.1. The van der Waals surface area contributed by atoms with Crippen molar-refractivity contribution >= 4 is 9.84 Å². The van der Waals surface area contributed by atoms with Crippen molar-refractivity contribution in [2.45, 2.75) is 25.8 Å². The zero-order valence-corrected chi connectivity index (χ0v) is 10.5. The highest BCUT2D eigenvalue weighted by Gasteiger charge is 2.11. The number of nitrogens with zero attached hydrogens (tertiary/aromatic N) is 1. The van der Waals surface area contributed by atoms with E-state index in [0.29, 0.717) is 12.8 Å². The Balaban J connectivity index is 2.54. The van der Waals surface area contributed by atoms with Gasteiger partial charge in [-0.25, -0.2) is 8.42 Å². The molecule has 0 aromatic carbocycles. The Morgan fingerprint density at radius 2 is 2.19 bits per heavy atom. The van der Waals surface area contributed by atoms with E-state index < -0.39 is 9.84 Å². The van der Waals surface area contributed by atoms with Gasteiger partial charge in [0, 0.05) is 24.2 Å². The summed E-state index contributed by atoms with van der Waals surface area (Å²) in [6, 6.07) is 3.64. The van der Waals surface area contributed by atoms with E-state index in [4.69, 9.17) is 5.73 Å². The van der Waals surface area contributed by atoms with Gasteiger partial charge in [-0.1, -0.05) is 6.07 Å². The molecule has 0 aliphatic heterocycles. The van der Waals surface area contributed by atoms with Crippen molar-refractivity contribution in [2.75, 3.05) is 12.0 Å². The van der Waals surface area contributed by atoms with Gasteiger partial charge in [-0.2, -0.15) is 0 Å². The number of pyridine rings is 1. The second kappa shape index (κ2) is 5.41. The molecule has 90 valence electrons. The van der Waals surface area contributed by atoms with E-state index in [2.05, 4.69) is 4.98 Å². The number of nitrogens with two attached hydrogens (primary N) is 1. The quantitative estimate of drug-likeness (QED) is 0.842.